The minimum Gasteiger partial charge on any atom is -0.279 e. The first kappa shape index (κ1) is 11.9. The van der Waals surface area contributed by atoms with E-state index in [1.54, 1.807) is 0 Å². The molecule has 1 fully saturated rings. The molecule has 2 aromatic heterocycles. The molecule has 1 aliphatic carbocycles. The van der Waals surface area contributed by atoms with E-state index in [2.05, 4.69) is 26.5 Å². The van der Waals surface area contributed by atoms with Crippen LogP contribution in [0.4, 0.5) is 0 Å². The van der Waals surface area contributed by atoms with Crippen LogP contribution >= 0.6 is 11.6 Å². The van der Waals surface area contributed by atoms with Gasteiger partial charge in [0.1, 0.15) is 5.82 Å². The Morgan fingerprint density at radius 2 is 1.83 bits per heavy atom. The molecule has 4 nitrogen and oxygen atoms in total. The van der Waals surface area contributed by atoms with Crippen LogP contribution in [0.2, 0.25) is 5.15 Å². The van der Waals surface area contributed by atoms with Crippen LogP contribution in [0.25, 0.3) is 5.65 Å². The van der Waals surface area contributed by atoms with Gasteiger partial charge in [-0.25, -0.2) is 4.98 Å². The summed E-state index contributed by atoms with van der Waals surface area (Å²) in [6.07, 6.45) is 6.33. The highest BCUT2D eigenvalue weighted by atomic mass is 35.5. The normalized spacial score (nSPS) is 17.5. The second-order valence-corrected chi connectivity index (χ2v) is 5.48. The van der Waals surface area contributed by atoms with E-state index in [9.17, 15) is 0 Å². The smallest absolute Gasteiger partial charge is 0.198 e. The van der Waals surface area contributed by atoms with E-state index in [1.165, 1.54) is 32.1 Å². The van der Waals surface area contributed by atoms with Gasteiger partial charge in [-0.15, -0.1) is 10.2 Å². The van der Waals surface area contributed by atoms with Crippen LogP contribution in [0.1, 0.15) is 55.2 Å². The number of hydrogen-bond acceptors (Lipinski definition) is 3. The molecule has 1 saturated carbocycles. The van der Waals surface area contributed by atoms with Crippen LogP contribution in [0, 0.1) is 13.8 Å². The topological polar surface area (TPSA) is 43.1 Å². The van der Waals surface area contributed by atoms with Crippen molar-refractivity contribution in [2.45, 2.75) is 51.9 Å². The van der Waals surface area contributed by atoms with E-state index < -0.39 is 0 Å². The van der Waals surface area contributed by atoms with E-state index in [-0.39, 0.29) is 0 Å². The van der Waals surface area contributed by atoms with Gasteiger partial charge in [-0.3, -0.25) is 4.40 Å². The Morgan fingerprint density at radius 3 is 2.56 bits per heavy atom. The summed E-state index contributed by atoms with van der Waals surface area (Å²) in [4.78, 5) is 4.30. The molecular weight excluding hydrogens is 248 g/mol. The van der Waals surface area contributed by atoms with E-state index in [1.807, 2.05) is 6.92 Å². The Kier molecular flexibility index (Phi) is 2.98. The summed E-state index contributed by atoms with van der Waals surface area (Å²) in [5.41, 5.74) is 2.74. The first-order chi connectivity index (χ1) is 8.68. The SMILES string of the molecule is Cc1nc(Cl)c2nnc(C3CCCCC3)n2c1C. The largest absolute Gasteiger partial charge is 0.279 e. The first-order valence-corrected chi connectivity index (χ1v) is 6.94. The van der Waals surface area contributed by atoms with E-state index >= 15 is 0 Å². The molecule has 0 spiro atoms. The fraction of sp³-hybridized carbons (Fsp3) is 0.615. The van der Waals surface area contributed by atoms with Crippen molar-refractivity contribution < 1.29 is 0 Å². The van der Waals surface area contributed by atoms with Crippen molar-refractivity contribution >= 4 is 17.2 Å². The summed E-state index contributed by atoms with van der Waals surface area (Å²) in [6, 6.07) is 0. The first-order valence-electron chi connectivity index (χ1n) is 6.56. The molecule has 2 heterocycles. The third kappa shape index (κ3) is 1.79. The molecule has 0 saturated heterocycles. The van der Waals surface area contributed by atoms with Crippen molar-refractivity contribution in [2.75, 3.05) is 0 Å². The maximum atomic E-state index is 6.15. The van der Waals surface area contributed by atoms with Crippen LogP contribution < -0.4 is 0 Å². The van der Waals surface area contributed by atoms with Gasteiger partial charge in [-0.05, 0) is 26.7 Å². The summed E-state index contributed by atoms with van der Waals surface area (Å²) in [6.45, 7) is 4.03. The van der Waals surface area contributed by atoms with Crippen molar-refractivity contribution in [3.8, 4) is 0 Å². The molecule has 0 N–H and O–H groups in total. The van der Waals surface area contributed by atoms with E-state index in [0.717, 1.165) is 17.2 Å². The highest BCUT2D eigenvalue weighted by molar-refractivity contribution is 6.32. The number of halogens is 1. The van der Waals surface area contributed by atoms with E-state index in [0.29, 0.717) is 16.7 Å². The average molecular weight is 265 g/mol. The van der Waals surface area contributed by atoms with Crippen molar-refractivity contribution in [1.29, 1.82) is 0 Å². The fourth-order valence-electron chi connectivity index (χ4n) is 2.83. The van der Waals surface area contributed by atoms with Crippen LogP contribution in [-0.4, -0.2) is 19.6 Å². The predicted octanol–water partition coefficient (Wildman–Crippen LogP) is 3.44. The van der Waals surface area contributed by atoms with Gasteiger partial charge in [-0.1, -0.05) is 30.9 Å². The Balaban J connectivity index is 2.18. The standard InChI is InChI=1S/C13H17ClN4/c1-8-9(2)18-12(10-6-4-3-5-7-10)16-17-13(18)11(14)15-8/h10H,3-7H2,1-2H3. The van der Waals surface area contributed by atoms with Crippen molar-refractivity contribution in [1.82, 2.24) is 19.6 Å². The molecule has 0 aromatic carbocycles. The van der Waals surface area contributed by atoms with Crippen LogP contribution in [0.5, 0.6) is 0 Å². The minimum absolute atomic E-state index is 0.452. The second kappa shape index (κ2) is 4.50. The highest BCUT2D eigenvalue weighted by Gasteiger charge is 2.23. The molecular formula is C13H17ClN4. The van der Waals surface area contributed by atoms with Crippen molar-refractivity contribution in [3.05, 3.63) is 22.4 Å². The number of aromatic nitrogens is 4. The molecule has 3 rings (SSSR count). The Labute approximate surface area is 111 Å². The molecule has 96 valence electrons. The predicted molar refractivity (Wildman–Crippen MR) is 71.1 cm³/mol. The monoisotopic (exact) mass is 264 g/mol. The molecule has 0 unspecified atom stereocenters. The molecule has 0 atom stereocenters. The van der Waals surface area contributed by atoms with E-state index in [4.69, 9.17) is 11.6 Å². The number of fused-ring (bicyclic) bond motifs is 1. The highest BCUT2D eigenvalue weighted by Crippen LogP contribution is 2.33. The maximum absolute atomic E-state index is 6.15. The second-order valence-electron chi connectivity index (χ2n) is 5.13. The Hall–Kier alpha value is -1.16. The Bertz CT molecular complexity index is 584. The lowest BCUT2D eigenvalue weighted by atomic mass is 9.89. The summed E-state index contributed by atoms with van der Waals surface area (Å²) >= 11 is 6.15. The lowest BCUT2D eigenvalue weighted by Crippen LogP contribution is -2.11. The average Bonchev–Trinajstić information content (AvgIpc) is 2.82. The van der Waals surface area contributed by atoms with Crippen molar-refractivity contribution in [2.24, 2.45) is 0 Å². The van der Waals surface area contributed by atoms with Gasteiger partial charge in [0.05, 0.1) is 5.69 Å². The molecule has 18 heavy (non-hydrogen) atoms. The van der Waals surface area contributed by atoms with Gasteiger partial charge < -0.3 is 0 Å². The zero-order chi connectivity index (χ0) is 12.7. The van der Waals surface area contributed by atoms with Crippen LogP contribution in [-0.2, 0) is 0 Å². The lowest BCUT2D eigenvalue weighted by Gasteiger charge is -2.20. The molecule has 0 aliphatic heterocycles. The van der Waals surface area contributed by atoms with Gasteiger partial charge in [0.2, 0.25) is 0 Å². The number of aryl methyl sites for hydroxylation is 2. The minimum atomic E-state index is 0.452. The fourth-order valence-corrected chi connectivity index (χ4v) is 3.07. The van der Waals surface area contributed by atoms with Crippen molar-refractivity contribution in [3.63, 3.8) is 0 Å². The van der Waals surface area contributed by atoms with Crippen LogP contribution in [0.3, 0.4) is 0 Å². The third-order valence-corrected chi connectivity index (χ3v) is 4.22. The van der Waals surface area contributed by atoms with Gasteiger partial charge in [0.15, 0.2) is 10.8 Å². The summed E-state index contributed by atoms with van der Waals surface area (Å²) in [5, 5.41) is 9.04. The summed E-state index contributed by atoms with van der Waals surface area (Å²) in [7, 11) is 0. The number of hydrogen-bond donors (Lipinski definition) is 0. The Morgan fingerprint density at radius 1 is 1.11 bits per heavy atom. The molecule has 0 radical (unpaired) electrons. The van der Waals surface area contributed by atoms with Gasteiger partial charge in [0, 0.05) is 11.6 Å². The molecule has 0 amide bonds. The molecule has 1 aliphatic rings. The zero-order valence-corrected chi connectivity index (χ0v) is 11.5. The molecule has 2 aromatic rings. The van der Waals surface area contributed by atoms with Crippen LogP contribution in [0.15, 0.2) is 0 Å². The summed E-state index contributed by atoms with van der Waals surface area (Å²) < 4.78 is 2.10. The third-order valence-electron chi connectivity index (χ3n) is 3.97. The van der Waals surface area contributed by atoms with Gasteiger partial charge in [-0.2, -0.15) is 0 Å². The number of nitrogens with zero attached hydrogens (tertiary/aromatic N) is 4. The summed E-state index contributed by atoms with van der Waals surface area (Å²) in [5.74, 6) is 1.58. The maximum Gasteiger partial charge on any atom is 0.198 e. The van der Waals surface area contributed by atoms with Gasteiger partial charge >= 0.3 is 0 Å². The van der Waals surface area contributed by atoms with Gasteiger partial charge in [0.25, 0.3) is 0 Å². The number of rotatable bonds is 1. The molecule has 0 bridgehead atoms. The molecule has 5 heteroatoms. The quantitative estimate of drug-likeness (QED) is 0.792. The zero-order valence-electron chi connectivity index (χ0n) is 10.8. The lowest BCUT2D eigenvalue weighted by molar-refractivity contribution is 0.425.